The molecule has 0 aliphatic heterocycles. The second-order valence-electron chi connectivity index (χ2n) is 6.54. The Morgan fingerprint density at radius 1 is 1.24 bits per heavy atom. The lowest BCUT2D eigenvalue weighted by molar-refractivity contribution is 0.196. The summed E-state index contributed by atoms with van der Waals surface area (Å²) in [5.41, 5.74) is 1.32. The zero-order valence-electron chi connectivity index (χ0n) is 12.7. The van der Waals surface area contributed by atoms with Crippen LogP contribution >= 0.6 is 0 Å². The zero-order chi connectivity index (χ0) is 14.7. The van der Waals surface area contributed by atoms with E-state index in [2.05, 4.69) is 5.16 Å². The summed E-state index contributed by atoms with van der Waals surface area (Å²) in [5, 5.41) is 3.85. The first-order valence-corrected chi connectivity index (χ1v) is 8.08. The molecule has 2 bridgehead atoms. The van der Waals surface area contributed by atoms with Crippen molar-refractivity contribution in [2.75, 3.05) is 7.11 Å². The van der Waals surface area contributed by atoms with Crippen molar-refractivity contribution in [3.05, 3.63) is 35.6 Å². The van der Waals surface area contributed by atoms with Crippen LogP contribution in [0.1, 0.15) is 50.0 Å². The number of fused-ring (bicyclic) bond motifs is 2. The van der Waals surface area contributed by atoms with Crippen LogP contribution < -0.4 is 0 Å². The summed E-state index contributed by atoms with van der Waals surface area (Å²) in [5.74, 6) is 2.88. The topological polar surface area (TPSA) is 21.6 Å². The van der Waals surface area contributed by atoms with Crippen molar-refractivity contribution in [3.8, 4) is 0 Å². The van der Waals surface area contributed by atoms with Gasteiger partial charge in [0.05, 0.1) is 0 Å². The summed E-state index contributed by atoms with van der Waals surface area (Å²) >= 11 is 0. The van der Waals surface area contributed by atoms with Crippen molar-refractivity contribution in [3.63, 3.8) is 0 Å². The number of benzene rings is 1. The van der Waals surface area contributed by atoms with Crippen LogP contribution in [-0.2, 0) is 4.84 Å². The minimum Gasteiger partial charge on any atom is -0.399 e. The number of rotatable bonds is 5. The molecule has 0 N–H and O–H groups in total. The van der Waals surface area contributed by atoms with Gasteiger partial charge in [-0.05, 0) is 73.5 Å². The van der Waals surface area contributed by atoms with Gasteiger partial charge in [0.1, 0.15) is 12.9 Å². The molecule has 4 atom stereocenters. The van der Waals surface area contributed by atoms with Crippen molar-refractivity contribution in [2.45, 2.75) is 44.4 Å². The van der Waals surface area contributed by atoms with E-state index in [0.717, 1.165) is 24.7 Å². The number of halogens is 1. The molecular weight excluding hydrogens is 265 g/mol. The highest BCUT2D eigenvalue weighted by Crippen LogP contribution is 2.53. The van der Waals surface area contributed by atoms with Gasteiger partial charge in [0.25, 0.3) is 0 Å². The van der Waals surface area contributed by atoms with Gasteiger partial charge in [-0.25, -0.2) is 4.39 Å². The first-order chi connectivity index (χ1) is 10.3. The van der Waals surface area contributed by atoms with Gasteiger partial charge in [-0.2, -0.15) is 0 Å². The van der Waals surface area contributed by atoms with Crippen LogP contribution in [0.5, 0.6) is 0 Å². The Bertz CT molecular complexity index is 484. The molecule has 3 heteroatoms. The van der Waals surface area contributed by atoms with Crippen LogP contribution in [0.4, 0.5) is 4.39 Å². The summed E-state index contributed by atoms with van der Waals surface area (Å²) < 4.78 is 13.2. The summed E-state index contributed by atoms with van der Waals surface area (Å²) in [7, 11) is 1.58. The van der Waals surface area contributed by atoms with Gasteiger partial charge in [-0.1, -0.05) is 23.7 Å². The average Bonchev–Trinajstić information content (AvgIpc) is 2.89. The summed E-state index contributed by atoms with van der Waals surface area (Å²) in [6.07, 6.45) is 9.42. The Hall–Kier alpha value is -1.38. The molecule has 1 aromatic carbocycles. The molecule has 0 aromatic heterocycles. The fourth-order valence-electron chi connectivity index (χ4n) is 4.50. The maximum atomic E-state index is 13.2. The summed E-state index contributed by atoms with van der Waals surface area (Å²) in [6, 6.07) is 7.19. The molecule has 0 heterocycles. The molecule has 2 fully saturated rings. The second-order valence-corrected chi connectivity index (χ2v) is 6.54. The van der Waals surface area contributed by atoms with E-state index in [1.165, 1.54) is 31.2 Å². The molecule has 1 aromatic rings. The molecule has 2 aliphatic rings. The predicted octanol–water partition coefficient (Wildman–Crippen LogP) is 4.76. The largest absolute Gasteiger partial charge is 0.399 e. The summed E-state index contributed by atoms with van der Waals surface area (Å²) in [6.45, 7) is 0. The molecule has 2 saturated carbocycles. The van der Waals surface area contributed by atoms with E-state index >= 15 is 0 Å². The third kappa shape index (κ3) is 3.28. The number of nitrogens with zero attached hydrogens (tertiary/aromatic N) is 1. The number of hydrogen-bond donors (Lipinski definition) is 0. The van der Waals surface area contributed by atoms with E-state index in [4.69, 9.17) is 4.84 Å². The highest BCUT2D eigenvalue weighted by Gasteiger charge is 2.41. The van der Waals surface area contributed by atoms with E-state index in [-0.39, 0.29) is 5.82 Å². The average molecular weight is 289 g/mol. The Balaban J connectivity index is 1.75. The van der Waals surface area contributed by atoms with Crippen LogP contribution in [0.25, 0.3) is 0 Å². The van der Waals surface area contributed by atoms with Crippen molar-refractivity contribution >= 4 is 6.21 Å². The minimum atomic E-state index is -0.138. The minimum absolute atomic E-state index is 0.138. The van der Waals surface area contributed by atoms with Crippen LogP contribution in [-0.4, -0.2) is 13.3 Å². The smallest absolute Gasteiger partial charge is 0.123 e. The third-order valence-electron chi connectivity index (χ3n) is 5.40. The monoisotopic (exact) mass is 289 g/mol. The van der Waals surface area contributed by atoms with E-state index in [9.17, 15) is 4.39 Å². The van der Waals surface area contributed by atoms with Crippen molar-refractivity contribution < 1.29 is 9.23 Å². The highest BCUT2D eigenvalue weighted by atomic mass is 19.1. The van der Waals surface area contributed by atoms with Gasteiger partial charge in [0.2, 0.25) is 0 Å². The van der Waals surface area contributed by atoms with E-state index in [1.807, 2.05) is 18.3 Å². The highest BCUT2D eigenvalue weighted by molar-refractivity contribution is 5.56. The van der Waals surface area contributed by atoms with Crippen LogP contribution in [0, 0.1) is 23.6 Å². The fraction of sp³-hybridized carbons (Fsp3) is 0.611. The Kier molecular flexibility index (Phi) is 4.57. The Labute approximate surface area is 126 Å². The number of oxime groups is 1. The number of hydrogen-bond acceptors (Lipinski definition) is 2. The lowest BCUT2D eigenvalue weighted by atomic mass is 9.68. The van der Waals surface area contributed by atoms with Crippen molar-refractivity contribution in [1.29, 1.82) is 0 Å². The predicted molar refractivity (Wildman–Crippen MR) is 82.8 cm³/mol. The van der Waals surface area contributed by atoms with Crippen LogP contribution in [0.3, 0.4) is 0 Å². The van der Waals surface area contributed by atoms with Gasteiger partial charge in [-0.3, -0.25) is 0 Å². The van der Waals surface area contributed by atoms with Gasteiger partial charge in [-0.15, -0.1) is 0 Å². The lowest BCUT2D eigenvalue weighted by Crippen LogP contribution is -2.26. The maximum Gasteiger partial charge on any atom is 0.123 e. The van der Waals surface area contributed by atoms with Gasteiger partial charge in [0, 0.05) is 6.21 Å². The van der Waals surface area contributed by atoms with Crippen molar-refractivity contribution in [1.82, 2.24) is 0 Å². The molecule has 1 unspecified atom stereocenters. The maximum absolute atomic E-state index is 13.2. The van der Waals surface area contributed by atoms with E-state index in [1.54, 1.807) is 19.2 Å². The van der Waals surface area contributed by atoms with Gasteiger partial charge in [0.15, 0.2) is 0 Å². The molecule has 114 valence electrons. The molecular formula is C18H24FNO. The molecule has 0 radical (unpaired) electrons. The standard InChI is InChI=1S/C18H24FNO/c1-21-20-10-2-3-17-15-5-4-13(11-15)12-18(17)14-6-8-16(19)9-7-14/h6-10,13,15,17-18H,2-5,11-12H2,1H3/t13?,15-,17+,18-/m0/s1. The van der Waals surface area contributed by atoms with Crippen molar-refractivity contribution in [2.24, 2.45) is 22.9 Å². The lowest BCUT2D eigenvalue weighted by Gasteiger charge is -2.37. The molecule has 2 aliphatic carbocycles. The van der Waals surface area contributed by atoms with Gasteiger partial charge >= 0.3 is 0 Å². The molecule has 21 heavy (non-hydrogen) atoms. The third-order valence-corrected chi connectivity index (χ3v) is 5.40. The molecule has 0 amide bonds. The first kappa shape index (κ1) is 14.6. The Morgan fingerprint density at radius 3 is 2.81 bits per heavy atom. The SMILES string of the molecule is CON=CCC[C@@H]1[C@H]2CCC(C2)C[C@H]1c1ccc(F)cc1. The van der Waals surface area contributed by atoms with Gasteiger partial charge < -0.3 is 4.84 Å². The van der Waals surface area contributed by atoms with Crippen LogP contribution in [0.2, 0.25) is 0 Å². The fourth-order valence-corrected chi connectivity index (χ4v) is 4.50. The summed E-state index contributed by atoms with van der Waals surface area (Å²) in [4.78, 5) is 4.75. The quantitative estimate of drug-likeness (QED) is 0.566. The van der Waals surface area contributed by atoms with E-state index < -0.39 is 0 Å². The first-order valence-electron chi connectivity index (χ1n) is 8.08. The van der Waals surface area contributed by atoms with Crippen LogP contribution in [0.15, 0.2) is 29.4 Å². The Morgan fingerprint density at radius 2 is 2.05 bits per heavy atom. The molecule has 0 spiro atoms. The van der Waals surface area contributed by atoms with E-state index in [0.29, 0.717) is 11.8 Å². The normalized spacial score (nSPS) is 31.7. The molecule has 3 rings (SSSR count). The molecule has 2 nitrogen and oxygen atoms in total. The molecule has 0 saturated heterocycles. The second kappa shape index (κ2) is 6.59. The zero-order valence-corrected chi connectivity index (χ0v) is 12.7.